The third-order valence-corrected chi connectivity index (χ3v) is 13.5. The number of nitrogens with zero attached hydrogens (tertiary/aromatic N) is 2. The number of esters is 2. The predicted molar refractivity (Wildman–Crippen MR) is 251 cm³/mol. The van der Waals surface area contributed by atoms with Gasteiger partial charge in [-0.2, -0.15) is 0 Å². The molecule has 2 heterocycles. The molecule has 2 aliphatic heterocycles. The zero-order valence-corrected chi connectivity index (χ0v) is 43.0. The van der Waals surface area contributed by atoms with Gasteiger partial charge < -0.3 is 81.1 Å². The van der Waals surface area contributed by atoms with Crippen molar-refractivity contribution in [3.63, 3.8) is 0 Å². The molecule has 17 heteroatoms. The largest absolute Gasteiger partial charge is 1.00 e. The second-order valence-corrected chi connectivity index (χ2v) is 17.5. The van der Waals surface area contributed by atoms with Crippen molar-refractivity contribution in [3.8, 4) is 46.0 Å². The second-order valence-electron chi connectivity index (χ2n) is 17.1. The third kappa shape index (κ3) is 12.3. The Labute approximate surface area is 418 Å². The minimum atomic E-state index is -0.787. The van der Waals surface area contributed by atoms with E-state index in [2.05, 4.69) is 50.5 Å². The van der Waals surface area contributed by atoms with Crippen molar-refractivity contribution in [2.75, 3.05) is 110 Å². The fourth-order valence-electron chi connectivity index (χ4n) is 9.68. The predicted octanol–water partition coefficient (Wildman–Crippen LogP) is 1.83. The van der Waals surface area contributed by atoms with E-state index in [0.29, 0.717) is 81.6 Å². The van der Waals surface area contributed by atoms with Gasteiger partial charge in [0.15, 0.2) is 34.5 Å². The number of carbonyl (C=O) groups is 2. The van der Waals surface area contributed by atoms with E-state index in [-0.39, 0.29) is 55.1 Å². The van der Waals surface area contributed by atoms with Crippen molar-refractivity contribution < 1.29 is 90.7 Å². The number of methoxy groups -OCH3 is 8. The molecule has 0 bridgehead atoms. The lowest BCUT2D eigenvalue weighted by molar-refractivity contribution is -0.941. The van der Waals surface area contributed by atoms with Crippen molar-refractivity contribution in [1.82, 2.24) is 0 Å². The summed E-state index contributed by atoms with van der Waals surface area (Å²) in [6.45, 7) is 3.33. The van der Waals surface area contributed by atoms with Gasteiger partial charge in [0, 0.05) is 54.9 Å². The van der Waals surface area contributed by atoms with Crippen LogP contribution >= 0.6 is 11.6 Å². The standard InChI is InChI=1S/C51H65ClN2O12.2ClH/c1-53(21-17-35-28-42(58-4)44(60-6)30-38(35)41(53)25-33-26-46(62-8)50(64-10)47(27-33)63-9)19-11-24-66-51(56)40(52)32-48(55)65-23-12-20-54(2)22-18-36-29-43(59-5)45(61-7)31-39(36)49(54)34-13-15-37(57-3)16-14-34;;/h13-16,26-32,41,49H,11-12,17-25H2,1-10H3;2*1H/q+2;;/p-2/b40-32-;;/t41-,49+,53-,54+;;/m1../s1. The molecule has 0 aliphatic carbocycles. The Morgan fingerprint density at radius 2 is 1.09 bits per heavy atom. The van der Waals surface area contributed by atoms with E-state index in [9.17, 15) is 9.59 Å². The molecule has 0 aromatic heterocycles. The molecule has 68 heavy (non-hydrogen) atoms. The highest BCUT2D eigenvalue weighted by molar-refractivity contribution is 6.42. The maximum atomic E-state index is 13.0. The first-order valence-corrected chi connectivity index (χ1v) is 22.5. The van der Waals surface area contributed by atoms with Gasteiger partial charge in [-0.25, -0.2) is 9.59 Å². The summed E-state index contributed by atoms with van der Waals surface area (Å²) in [6.07, 6.45) is 4.41. The summed E-state index contributed by atoms with van der Waals surface area (Å²) < 4.78 is 57.6. The average Bonchev–Trinajstić information content (AvgIpc) is 3.33. The number of quaternary nitrogens is 2. The van der Waals surface area contributed by atoms with Crippen LogP contribution < -0.4 is 62.7 Å². The molecule has 0 radical (unpaired) electrons. The van der Waals surface area contributed by atoms with Gasteiger partial charge in [0.25, 0.3) is 0 Å². The highest BCUT2D eigenvalue weighted by Gasteiger charge is 2.42. The van der Waals surface area contributed by atoms with Crippen LogP contribution in [0, 0.1) is 0 Å². The van der Waals surface area contributed by atoms with Gasteiger partial charge in [-0.3, -0.25) is 0 Å². The number of hydrogen-bond acceptors (Lipinski definition) is 12. The molecule has 14 nitrogen and oxygen atoms in total. The fourth-order valence-corrected chi connectivity index (χ4v) is 9.83. The Kier molecular flexibility index (Phi) is 20.2. The number of hydrogen-bond donors (Lipinski definition) is 0. The molecule has 4 atom stereocenters. The molecular weight excluding hydrogens is 939 g/mol. The van der Waals surface area contributed by atoms with Crippen LogP contribution in [0.15, 0.2) is 71.8 Å². The van der Waals surface area contributed by atoms with Crippen LogP contribution in [0.3, 0.4) is 0 Å². The van der Waals surface area contributed by atoms with Crippen LogP contribution in [0.25, 0.3) is 0 Å². The van der Waals surface area contributed by atoms with E-state index in [1.54, 1.807) is 56.9 Å². The second kappa shape index (κ2) is 24.9. The molecule has 372 valence electrons. The summed E-state index contributed by atoms with van der Waals surface area (Å²) in [5.74, 6) is 3.66. The highest BCUT2D eigenvalue weighted by atomic mass is 35.5. The molecule has 6 rings (SSSR count). The van der Waals surface area contributed by atoms with E-state index < -0.39 is 11.9 Å². The molecule has 0 fully saturated rings. The van der Waals surface area contributed by atoms with Gasteiger partial charge in [0.1, 0.15) is 22.9 Å². The van der Waals surface area contributed by atoms with Crippen molar-refractivity contribution in [1.29, 1.82) is 0 Å². The van der Waals surface area contributed by atoms with E-state index in [1.807, 2.05) is 24.3 Å². The Bertz CT molecular complexity index is 2360. The zero-order chi connectivity index (χ0) is 47.6. The Hall–Kier alpha value is -5.25. The highest BCUT2D eigenvalue weighted by Crippen LogP contribution is 2.46. The summed E-state index contributed by atoms with van der Waals surface area (Å²) >= 11 is 6.33. The lowest BCUT2D eigenvalue weighted by Gasteiger charge is -2.46. The summed E-state index contributed by atoms with van der Waals surface area (Å²) in [6, 6.07) is 20.3. The molecule has 4 aromatic rings. The molecule has 0 N–H and O–H groups in total. The normalized spacial score (nSPS) is 19.4. The van der Waals surface area contributed by atoms with Gasteiger partial charge in [-0.05, 0) is 77.4 Å². The first-order chi connectivity index (χ1) is 31.8. The van der Waals surface area contributed by atoms with E-state index in [1.165, 1.54) is 11.1 Å². The summed E-state index contributed by atoms with van der Waals surface area (Å²) in [4.78, 5) is 26.0. The van der Waals surface area contributed by atoms with Gasteiger partial charge in [-0.15, -0.1) is 0 Å². The average molecular weight is 1000 g/mol. The number of benzene rings is 4. The molecule has 0 unspecified atom stereocenters. The molecule has 0 spiro atoms. The van der Waals surface area contributed by atoms with E-state index in [4.69, 9.17) is 59.0 Å². The van der Waals surface area contributed by atoms with E-state index in [0.717, 1.165) is 60.0 Å². The Balaban J connectivity index is 0.00000504. The smallest absolute Gasteiger partial charge is 0.350 e. The molecule has 4 aromatic carbocycles. The summed E-state index contributed by atoms with van der Waals surface area (Å²) in [5.41, 5.74) is 6.83. The quantitative estimate of drug-likeness (QED) is 0.0524. The van der Waals surface area contributed by atoms with Gasteiger partial charge >= 0.3 is 11.9 Å². The van der Waals surface area contributed by atoms with Crippen LogP contribution in [0.2, 0.25) is 0 Å². The summed E-state index contributed by atoms with van der Waals surface area (Å²) in [7, 11) is 17.4. The molecule has 0 amide bonds. The maximum Gasteiger partial charge on any atom is 0.350 e. The monoisotopic (exact) mass is 1000 g/mol. The van der Waals surface area contributed by atoms with Crippen molar-refractivity contribution in [2.24, 2.45) is 0 Å². The number of halogens is 3. The van der Waals surface area contributed by atoms with Gasteiger partial charge in [-0.1, -0.05) is 11.6 Å². The molecule has 2 aliphatic rings. The lowest BCUT2D eigenvalue weighted by atomic mass is 9.85. The minimum absolute atomic E-state index is 0. The van der Waals surface area contributed by atoms with Gasteiger partial charge in [0.05, 0.1) is 110 Å². The number of carbonyl (C=O) groups excluding carboxylic acids is 2. The van der Waals surface area contributed by atoms with Crippen LogP contribution in [0.4, 0.5) is 0 Å². The van der Waals surface area contributed by atoms with Gasteiger partial charge in [0.2, 0.25) is 5.75 Å². The molecule has 0 saturated heterocycles. The van der Waals surface area contributed by atoms with Crippen LogP contribution in [0.1, 0.15) is 58.3 Å². The van der Waals surface area contributed by atoms with Crippen molar-refractivity contribution in [3.05, 3.63) is 105 Å². The lowest BCUT2D eigenvalue weighted by Crippen LogP contribution is -3.00. The topological polar surface area (TPSA) is 126 Å². The van der Waals surface area contributed by atoms with Crippen molar-refractivity contribution >= 4 is 23.5 Å². The fraction of sp³-hybridized carbons (Fsp3) is 0.451. The Morgan fingerprint density at radius 1 is 0.603 bits per heavy atom. The number of likely N-dealkylation sites (N-methyl/N-ethyl adjacent to an activating group) is 2. The zero-order valence-electron chi connectivity index (χ0n) is 40.7. The van der Waals surface area contributed by atoms with Crippen LogP contribution in [-0.4, -0.2) is 131 Å². The van der Waals surface area contributed by atoms with Crippen molar-refractivity contribution in [2.45, 2.75) is 44.2 Å². The summed E-state index contributed by atoms with van der Waals surface area (Å²) in [5, 5.41) is -0.343. The number of fused-ring (bicyclic) bond motifs is 2. The first-order valence-electron chi connectivity index (χ1n) is 22.1. The van der Waals surface area contributed by atoms with Crippen LogP contribution in [0.5, 0.6) is 46.0 Å². The van der Waals surface area contributed by atoms with E-state index >= 15 is 0 Å². The molecular formula is C51H65Cl3N2O12. The molecule has 0 saturated carbocycles. The minimum Gasteiger partial charge on any atom is -1.00 e. The third-order valence-electron chi connectivity index (χ3n) is 13.2. The SMILES string of the molecule is COc1ccc([C@H]2c3cc(OC)c(OC)cc3CC[N@+]2(C)CCCOC(=O)/C=C(\Cl)C(=O)OCCC[N@+]2(C)CCc3cc(OC)c(OC)cc3[C@H]2Cc2cc(OC)c(OC)c(OC)c2)cc1.[Cl-].[Cl-]. The Morgan fingerprint density at radius 3 is 1.62 bits per heavy atom. The van der Waals surface area contributed by atoms with Crippen LogP contribution in [-0.2, 0) is 38.3 Å². The first kappa shape index (κ1) is 55.3. The maximum absolute atomic E-state index is 13.0. The number of ether oxygens (including phenoxy) is 10. The number of rotatable bonds is 21.